The number of nitrogen functional groups attached to an aromatic ring is 1. The van der Waals surface area contributed by atoms with Crippen LogP contribution in [-0.4, -0.2) is 14.5 Å². The fraction of sp³-hybridized carbons (Fsp3) is 0.200. The van der Waals surface area contributed by atoms with Gasteiger partial charge in [0, 0.05) is 6.04 Å². The summed E-state index contributed by atoms with van der Waals surface area (Å²) < 4.78 is 40.3. The van der Waals surface area contributed by atoms with E-state index in [1.54, 1.807) is 12.1 Å². The summed E-state index contributed by atoms with van der Waals surface area (Å²) >= 11 is 0. The third-order valence-corrected chi connectivity index (χ3v) is 5.59. The zero-order chi connectivity index (χ0) is 15.2. The first-order valence-electron chi connectivity index (χ1n) is 6.58. The Labute approximate surface area is 123 Å². The second-order valence-corrected chi connectivity index (χ2v) is 6.98. The Bertz CT molecular complexity index is 805. The van der Waals surface area contributed by atoms with Crippen LogP contribution < -0.4 is 10.0 Å². The summed E-state index contributed by atoms with van der Waals surface area (Å²) in [5, 5.41) is 0. The van der Waals surface area contributed by atoms with Crippen molar-refractivity contribution in [3.63, 3.8) is 0 Å². The molecule has 1 unspecified atom stereocenters. The number of nitrogens with zero attached hydrogens (tertiary/aromatic N) is 1. The van der Waals surface area contributed by atoms with Gasteiger partial charge in [0.15, 0.2) is 0 Å². The molecule has 0 aliphatic carbocycles. The van der Waals surface area contributed by atoms with Crippen molar-refractivity contribution in [2.75, 3.05) is 10.0 Å². The highest BCUT2D eigenvalue weighted by atomic mass is 32.2. The first kappa shape index (κ1) is 13.9. The molecule has 1 aliphatic rings. The van der Waals surface area contributed by atoms with E-state index < -0.39 is 15.8 Å². The topological polar surface area (TPSA) is 63.4 Å². The van der Waals surface area contributed by atoms with Gasteiger partial charge in [0.05, 0.1) is 16.3 Å². The molecule has 0 bridgehead atoms. The zero-order valence-electron chi connectivity index (χ0n) is 11.5. The minimum absolute atomic E-state index is 0.00459. The summed E-state index contributed by atoms with van der Waals surface area (Å²) in [4.78, 5) is 0.00459. The predicted molar refractivity (Wildman–Crippen MR) is 80.1 cm³/mol. The van der Waals surface area contributed by atoms with Gasteiger partial charge >= 0.3 is 0 Å². The van der Waals surface area contributed by atoms with Gasteiger partial charge in [0.2, 0.25) is 0 Å². The van der Waals surface area contributed by atoms with Crippen LogP contribution in [0, 0.1) is 5.82 Å². The number of anilines is 2. The maximum atomic E-state index is 13.2. The Morgan fingerprint density at radius 1 is 1.24 bits per heavy atom. The van der Waals surface area contributed by atoms with Gasteiger partial charge in [-0.15, -0.1) is 0 Å². The number of rotatable bonds is 2. The molecule has 1 atom stereocenters. The molecule has 21 heavy (non-hydrogen) atoms. The van der Waals surface area contributed by atoms with Crippen molar-refractivity contribution in [1.29, 1.82) is 0 Å². The van der Waals surface area contributed by atoms with Crippen LogP contribution in [0.15, 0.2) is 47.4 Å². The average molecular weight is 306 g/mol. The lowest BCUT2D eigenvalue weighted by Gasteiger charge is -2.24. The summed E-state index contributed by atoms with van der Waals surface area (Å²) in [5.41, 5.74) is 6.98. The number of para-hydroxylation sites is 1. The third-order valence-electron chi connectivity index (χ3n) is 3.67. The van der Waals surface area contributed by atoms with Gasteiger partial charge in [-0.05, 0) is 43.2 Å². The Balaban J connectivity index is 2.12. The number of hydrogen-bond acceptors (Lipinski definition) is 3. The van der Waals surface area contributed by atoms with Crippen molar-refractivity contribution < 1.29 is 12.8 Å². The monoisotopic (exact) mass is 306 g/mol. The zero-order valence-corrected chi connectivity index (χ0v) is 12.3. The summed E-state index contributed by atoms with van der Waals surface area (Å²) in [6.45, 7) is 1.85. The molecule has 2 N–H and O–H groups in total. The van der Waals surface area contributed by atoms with Crippen molar-refractivity contribution in [1.82, 2.24) is 0 Å². The molecule has 2 aromatic rings. The van der Waals surface area contributed by atoms with E-state index in [1.165, 1.54) is 16.4 Å². The number of fused-ring (bicyclic) bond motifs is 1. The molecule has 0 saturated heterocycles. The Hall–Kier alpha value is -2.08. The first-order chi connectivity index (χ1) is 9.91. The number of nitrogens with two attached hydrogens (primary N) is 1. The molecule has 4 nitrogen and oxygen atoms in total. The summed E-state index contributed by atoms with van der Waals surface area (Å²) in [7, 11) is -3.75. The molecule has 0 radical (unpaired) electrons. The highest BCUT2D eigenvalue weighted by Crippen LogP contribution is 2.36. The van der Waals surface area contributed by atoms with E-state index in [4.69, 9.17) is 5.73 Å². The molecule has 2 aromatic carbocycles. The molecule has 1 heterocycles. The van der Waals surface area contributed by atoms with Gasteiger partial charge < -0.3 is 5.73 Å². The molecular formula is C15H15FN2O2S. The van der Waals surface area contributed by atoms with Gasteiger partial charge in [0.1, 0.15) is 5.82 Å². The van der Waals surface area contributed by atoms with Crippen molar-refractivity contribution in [3.8, 4) is 0 Å². The van der Waals surface area contributed by atoms with Crippen LogP contribution in [0.25, 0.3) is 0 Å². The van der Waals surface area contributed by atoms with E-state index in [-0.39, 0.29) is 16.6 Å². The molecule has 0 aromatic heterocycles. The van der Waals surface area contributed by atoms with E-state index in [2.05, 4.69) is 0 Å². The van der Waals surface area contributed by atoms with Crippen molar-refractivity contribution in [2.24, 2.45) is 0 Å². The van der Waals surface area contributed by atoms with E-state index in [0.29, 0.717) is 12.1 Å². The van der Waals surface area contributed by atoms with Crippen LogP contribution in [0.5, 0.6) is 0 Å². The number of hydrogen-bond donors (Lipinski definition) is 1. The normalized spacial score (nSPS) is 17.8. The third kappa shape index (κ3) is 2.15. The van der Waals surface area contributed by atoms with Gasteiger partial charge in [-0.3, -0.25) is 4.31 Å². The van der Waals surface area contributed by atoms with Crippen LogP contribution in [0.2, 0.25) is 0 Å². The van der Waals surface area contributed by atoms with Crippen LogP contribution >= 0.6 is 0 Å². The van der Waals surface area contributed by atoms with Crippen molar-refractivity contribution in [2.45, 2.75) is 24.3 Å². The standard InChI is InChI=1S/C15H15FN2O2S/c1-10-8-11-4-2-3-5-15(11)18(10)21(19,20)12-6-7-13(16)14(17)9-12/h2-7,9-10H,8,17H2,1H3. The fourth-order valence-corrected chi connectivity index (χ4v) is 4.43. The molecule has 0 fully saturated rings. The number of benzene rings is 2. The SMILES string of the molecule is CC1Cc2ccccc2N1S(=O)(=O)c1ccc(F)c(N)c1. The molecule has 1 aliphatic heterocycles. The highest BCUT2D eigenvalue weighted by molar-refractivity contribution is 7.92. The largest absolute Gasteiger partial charge is 0.396 e. The van der Waals surface area contributed by atoms with Crippen molar-refractivity contribution >= 4 is 21.4 Å². The molecule has 6 heteroatoms. The van der Waals surface area contributed by atoms with E-state index >= 15 is 0 Å². The second-order valence-electron chi connectivity index (χ2n) is 5.17. The Kier molecular flexibility index (Phi) is 3.13. The van der Waals surface area contributed by atoms with Crippen LogP contribution in [0.1, 0.15) is 12.5 Å². The van der Waals surface area contributed by atoms with Crippen molar-refractivity contribution in [3.05, 3.63) is 53.8 Å². The minimum Gasteiger partial charge on any atom is -0.396 e. The molecule has 110 valence electrons. The highest BCUT2D eigenvalue weighted by Gasteiger charge is 2.35. The van der Waals surface area contributed by atoms with E-state index in [0.717, 1.165) is 11.6 Å². The Morgan fingerprint density at radius 3 is 2.67 bits per heavy atom. The summed E-state index contributed by atoms with van der Waals surface area (Å²) in [6.07, 6.45) is 0.659. The van der Waals surface area contributed by atoms with Gasteiger partial charge in [-0.2, -0.15) is 0 Å². The molecule has 0 amide bonds. The summed E-state index contributed by atoms with van der Waals surface area (Å²) in [6, 6.07) is 10.7. The lowest BCUT2D eigenvalue weighted by atomic mass is 10.1. The smallest absolute Gasteiger partial charge is 0.264 e. The molecule has 0 saturated carbocycles. The van der Waals surface area contributed by atoms with Crippen LogP contribution in [0.3, 0.4) is 0 Å². The van der Waals surface area contributed by atoms with Crippen LogP contribution in [-0.2, 0) is 16.4 Å². The minimum atomic E-state index is -3.75. The van der Waals surface area contributed by atoms with E-state index in [1.807, 2.05) is 19.1 Å². The predicted octanol–water partition coefficient (Wildman–Crippen LogP) is 2.55. The van der Waals surface area contributed by atoms with Crippen LogP contribution in [0.4, 0.5) is 15.8 Å². The van der Waals surface area contributed by atoms with Gasteiger partial charge in [-0.1, -0.05) is 18.2 Å². The van der Waals surface area contributed by atoms with E-state index in [9.17, 15) is 12.8 Å². The average Bonchev–Trinajstić information content (AvgIpc) is 2.78. The second kappa shape index (κ2) is 4.73. The van der Waals surface area contributed by atoms with Gasteiger partial charge in [0.25, 0.3) is 10.0 Å². The molecular weight excluding hydrogens is 291 g/mol. The lowest BCUT2D eigenvalue weighted by Crippen LogP contribution is -2.35. The first-order valence-corrected chi connectivity index (χ1v) is 8.02. The Morgan fingerprint density at radius 2 is 1.95 bits per heavy atom. The molecule has 3 rings (SSSR count). The number of sulfonamides is 1. The summed E-state index contributed by atoms with van der Waals surface area (Å²) in [5.74, 6) is -0.621. The maximum absolute atomic E-state index is 13.2. The maximum Gasteiger partial charge on any atom is 0.264 e. The molecule has 0 spiro atoms. The quantitative estimate of drug-likeness (QED) is 0.867. The van der Waals surface area contributed by atoms with Gasteiger partial charge in [-0.25, -0.2) is 12.8 Å². The fourth-order valence-electron chi connectivity index (χ4n) is 2.70. The number of halogens is 1. The lowest BCUT2D eigenvalue weighted by molar-refractivity contribution is 0.583.